The lowest BCUT2D eigenvalue weighted by atomic mass is 9.98. The van der Waals surface area contributed by atoms with Gasteiger partial charge in [0.1, 0.15) is 5.60 Å². The molecule has 1 aliphatic rings. The van der Waals surface area contributed by atoms with E-state index in [0.717, 1.165) is 17.6 Å². The van der Waals surface area contributed by atoms with Crippen LogP contribution in [-0.4, -0.2) is 34.9 Å². The first-order valence-electron chi connectivity index (χ1n) is 2.97. The van der Waals surface area contributed by atoms with E-state index < -0.39 is 5.60 Å². The molecule has 0 unspecified atom stereocenters. The number of β-amino-alcohol motifs (C(OH)–C–C–N with tert-alkyl or cyclic N) is 1. The first-order chi connectivity index (χ1) is 4.27. The Morgan fingerprint density at radius 3 is 2.67 bits per heavy atom. The van der Waals surface area contributed by atoms with Gasteiger partial charge in [0.15, 0.2) is 0 Å². The Hall–Kier alpha value is 0.610. The van der Waals surface area contributed by atoms with Crippen molar-refractivity contribution in [3.8, 4) is 0 Å². The summed E-state index contributed by atoms with van der Waals surface area (Å²) in [5, 5.41) is 15.5. The van der Waals surface area contributed by atoms with Gasteiger partial charge in [0, 0.05) is 24.2 Å². The Kier molecular flexibility index (Phi) is 2.69. The predicted octanol–water partition coefficient (Wildman–Crippen LogP) is -0.697. The van der Waals surface area contributed by atoms with Crippen molar-refractivity contribution in [2.24, 2.45) is 0 Å². The van der Waals surface area contributed by atoms with E-state index in [1.807, 2.05) is 0 Å². The van der Waals surface area contributed by atoms with Crippen molar-refractivity contribution >= 4 is 22.6 Å². The smallest absolute Gasteiger partial charge is 0.102 e. The minimum atomic E-state index is -0.453. The molecule has 0 aromatic heterocycles. The molecular weight excluding hydrogens is 231 g/mol. The molecule has 3 N–H and O–H groups in total. The van der Waals surface area contributed by atoms with Crippen LogP contribution in [0.3, 0.4) is 0 Å². The number of nitrogens with one attached hydrogen (secondary N) is 2. The Balaban J connectivity index is 2.09. The van der Waals surface area contributed by atoms with E-state index in [0.29, 0.717) is 6.54 Å². The molecule has 3 nitrogen and oxygen atoms in total. The fourth-order valence-corrected chi connectivity index (χ4v) is 1.09. The second-order valence-corrected chi connectivity index (χ2v) is 3.15. The molecule has 1 rings (SSSR count). The zero-order valence-electron chi connectivity index (χ0n) is 5.15. The van der Waals surface area contributed by atoms with Crippen molar-refractivity contribution in [1.82, 2.24) is 10.6 Å². The molecule has 4 heteroatoms. The van der Waals surface area contributed by atoms with Gasteiger partial charge in [0.05, 0.1) is 0 Å². The highest BCUT2D eigenvalue weighted by molar-refractivity contribution is 14.1. The van der Waals surface area contributed by atoms with Crippen molar-refractivity contribution in [2.45, 2.75) is 5.60 Å². The van der Waals surface area contributed by atoms with Crippen LogP contribution in [0.5, 0.6) is 0 Å². The molecule has 0 aliphatic carbocycles. The highest BCUT2D eigenvalue weighted by Gasteiger charge is 2.33. The summed E-state index contributed by atoms with van der Waals surface area (Å²) in [6.07, 6.45) is 0. The zero-order valence-corrected chi connectivity index (χ0v) is 7.31. The minimum Gasteiger partial charge on any atom is -0.386 e. The number of halogens is 1. The highest BCUT2D eigenvalue weighted by atomic mass is 127. The van der Waals surface area contributed by atoms with Gasteiger partial charge in [0.2, 0.25) is 0 Å². The van der Waals surface area contributed by atoms with Crippen LogP contribution in [0.4, 0.5) is 0 Å². The van der Waals surface area contributed by atoms with Crippen LogP contribution in [0.1, 0.15) is 0 Å². The quantitative estimate of drug-likeness (QED) is 0.348. The Bertz CT molecular complexity index is 95.0. The van der Waals surface area contributed by atoms with E-state index in [1.54, 1.807) is 0 Å². The van der Waals surface area contributed by atoms with Crippen LogP contribution in [0.25, 0.3) is 0 Å². The number of rotatable bonds is 3. The maximum atomic E-state index is 9.41. The summed E-state index contributed by atoms with van der Waals surface area (Å²) in [6.45, 7) is 2.18. The van der Waals surface area contributed by atoms with Crippen molar-refractivity contribution in [2.75, 3.05) is 24.2 Å². The number of alkyl halides is 1. The number of hydrogen-bond acceptors (Lipinski definition) is 3. The minimum absolute atomic E-state index is 0.453. The summed E-state index contributed by atoms with van der Waals surface area (Å²) in [5.41, 5.74) is -0.453. The van der Waals surface area contributed by atoms with Crippen molar-refractivity contribution in [3.63, 3.8) is 0 Å². The van der Waals surface area contributed by atoms with E-state index in [-0.39, 0.29) is 0 Å². The van der Waals surface area contributed by atoms with E-state index in [1.165, 1.54) is 0 Å². The molecule has 1 heterocycles. The van der Waals surface area contributed by atoms with Crippen molar-refractivity contribution < 1.29 is 5.11 Å². The normalized spacial score (nSPS) is 23.3. The summed E-state index contributed by atoms with van der Waals surface area (Å²) in [5.74, 6) is 0. The van der Waals surface area contributed by atoms with Crippen LogP contribution in [0.15, 0.2) is 0 Å². The second-order valence-electron chi connectivity index (χ2n) is 2.39. The summed E-state index contributed by atoms with van der Waals surface area (Å²) in [4.78, 5) is 0. The van der Waals surface area contributed by atoms with Crippen LogP contribution in [0, 0.1) is 0 Å². The van der Waals surface area contributed by atoms with Gasteiger partial charge in [-0.05, 0) is 0 Å². The van der Waals surface area contributed by atoms with Gasteiger partial charge in [-0.1, -0.05) is 22.6 Å². The summed E-state index contributed by atoms with van der Waals surface area (Å²) >= 11 is 2.23. The van der Waals surface area contributed by atoms with Gasteiger partial charge in [-0.2, -0.15) is 0 Å². The third-order valence-electron chi connectivity index (χ3n) is 1.46. The summed E-state index contributed by atoms with van der Waals surface area (Å²) in [6, 6.07) is 0. The molecule has 0 bridgehead atoms. The van der Waals surface area contributed by atoms with Gasteiger partial charge in [0.25, 0.3) is 0 Å². The fourth-order valence-electron chi connectivity index (χ4n) is 0.819. The van der Waals surface area contributed by atoms with Gasteiger partial charge >= 0.3 is 0 Å². The molecule has 1 aliphatic heterocycles. The number of aliphatic hydroxyl groups is 1. The van der Waals surface area contributed by atoms with Crippen LogP contribution in [-0.2, 0) is 0 Å². The largest absolute Gasteiger partial charge is 0.386 e. The molecule has 1 fully saturated rings. The van der Waals surface area contributed by atoms with Crippen molar-refractivity contribution in [1.29, 1.82) is 0 Å². The van der Waals surface area contributed by atoms with Crippen molar-refractivity contribution in [3.05, 3.63) is 0 Å². The third-order valence-corrected chi connectivity index (χ3v) is 2.00. The Morgan fingerprint density at radius 1 is 1.67 bits per heavy atom. The van der Waals surface area contributed by atoms with Gasteiger partial charge in [-0.3, -0.25) is 0 Å². The zero-order chi connectivity index (χ0) is 6.74. The second kappa shape index (κ2) is 3.14. The maximum Gasteiger partial charge on any atom is 0.102 e. The first-order valence-corrected chi connectivity index (χ1v) is 4.49. The number of hydrogen-bond donors (Lipinski definition) is 3. The van der Waals surface area contributed by atoms with E-state index in [2.05, 4.69) is 33.2 Å². The van der Waals surface area contributed by atoms with Gasteiger partial charge in [-0.25, -0.2) is 0 Å². The van der Waals surface area contributed by atoms with Crippen LogP contribution >= 0.6 is 22.6 Å². The lowest BCUT2D eigenvalue weighted by Gasteiger charge is -2.37. The predicted molar refractivity (Wildman–Crippen MR) is 44.7 cm³/mol. The summed E-state index contributed by atoms with van der Waals surface area (Å²) < 4.78 is 0.903. The van der Waals surface area contributed by atoms with Gasteiger partial charge in [-0.15, -0.1) is 0 Å². The summed E-state index contributed by atoms with van der Waals surface area (Å²) in [7, 11) is 0. The Labute approximate surface area is 68.3 Å². The fraction of sp³-hybridized carbons (Fsp3) is 1.00. The van der Waals surface area contributed by atoms with Gasteiger partial charge < -0.3 is 15.7 Å². The van der Waals surface area contributed by atoms with E-state index in [4.69, 9.17) is 0 Å². The third kappa shape index (κ3) is 2.03. The lowest BCUT2D eigenvalue weighted by Crippen LogP contribution is -2.64. The molecular formula is C5H11IN2O. The topological polar surface area (TPSA) is 44.3 Å². The first kappa shape index (κ1) is 7.71. The molecule has 9 heavy (non-hydrogen) atoms. The standard InChI is InChI=1S/C5H11IN2O/c6-4-8-3-5(9)1-7-2-5/h7-9H,1-4H2. The lowest BCUT2D eigenvalue weighted by molar-refractivity contribution is -0.00694. The molecule has 0 aromatic rings. The molecule has 0 radical (unpaired) electrons. The molecule has 0 saturated carbocycles. The van der Waals surface area contributed by atoms with Crippen LogP contribution < -0.4 is 10.6 Å². The molecule has 0 amide bonds. The van der Waals surface area contributed by atoms with E-state index >= 15 is 0 Å². The molecule has 0 spiro atoms. The van der Waals surface area contributed by atoms with E-state index in [9.17, 15) is 5.11 Å². The molecule has 1 saturated heterocycles. The average Bonchev–Trinajstić information content (AvgIpc) is 1.79. The monoisotopic (exact) mass is 242 g/mol. The van der Waals surface area contributed by atoms with Crippen LogP contribution in [0.2, 0.25) is 0 Å². The SMILES string of the molecule is OC1(CNCI)CNC1. The molecule has 0 atom stereocenters. The highest BCUT2D eigenvalue weighted by Crippen LogP contribution is 2.07. The molecule has 54 valence electrons. The maximum absolute atomic E-state index is 9.41. The molecule has 0 aromatic carbocycles. The average molecular weight is 242 g/mol. The Morgan fingerprint density at radius 2 is 2.33 bits per heavy atom.